The summed E-state index contributed by atoms with van der Waals surface area (Å²) in [5.74, 6) is 3.54. The first-order valence-corrected chi connectivity index (χ1v) is 8.11. The lowest BCUT2D eigenvalue weighted by Gasteiger charge is -2.18. The first-order chi connectivity index (χ1) is 8.52. The third-order valence-electron chi connectivity index (χ3n) is 2.51. The SMILES string of the molecule is C=CC(Oc1ncc(F)c(C(C)I)n1)C1C=[S-]1=C. The Hall–Kier alpha value is -0.630. The van der Waals surface area contributed by atoms with Crippen LogP contribution < -0.4 is 4.74 Å². The van der Waals surface area contributed by atoms with Crippen molar-refractivity contribution < 1.29 is 9.13 Å². The third kappa shape index (κ3) is 3.03. The van der Waals surface area contributed by atoms with Crippen LogP contribution in [0.3, 0.4) is 0 Å². The average molecular weight is 379 g/mol. The zero-order valence-electron chi connectivity index (χ0n) is 9.85. The van der Waals surface area contributed by atoms with Crippen molar-refractivity contribution in [1.82, 2.24) is 9.97 Å². The fourth-order valence-electron chi connectivity index (χ4n) is 1.46. The molecule has 0 radical (unpaired) electrons. The summed E-state index contributed by atoms with van der Waals surface area (Å²) in [5.41, 5.74) is 0.358. The summed E-state index contributed by atoms with van der Waals surface area (Å²) >= 11 is 2.10. The van der Waals surface area contributed by atoms with E-state index in [-0.39, 0.29) is 31.4 Å². The van der Waals surface area contributed by atoms with Crippen molar-refractivity contribution in [2.75, 3.05) is 0 Å². The van der Waals surface area contributed by atoms with E-state index in [0.29, 0.717) is 5.69 Å². The van der Waals surface area contributed by atoms with Gasteiger partial charge in [-0.25, -0.2) is 20.6 Å². The van der Waals surface area contributed by atoms with Gasteiger partial charge in [-0.15, -0.1) is 0 Å². The summed E-state index contributed by atoms with van der Waals surface area (Å²) in [4.78, 5) is 7.95. The molecule has 0 N–H and O–H groups in total. The quantitative estimate of drug-likeness (QED) is 0.259. The van der Waals surface area contributed by atoms with Gasteiger partial charge in [0.1, 0.15) is 6.10 Å². The fourth-order valence-corrected chi connectivity index (χ4v) is 3.08. The van der Waals surface area contributed by atoms with Crippen molar-refractivity contribution in [3.63, 3.8) is 0 Å². The third-order valence-corrected chi connectivity index (χ3v) is 4.53. The Labute approximate surface area is 121 Å². The lowest BCUT2D eigenvalue weighted by molar-refractivity contribution is 0.242. The highest BCUT2D eigenvalue weighted by molar-refractivity contribution is 14.1. The highest BCUT2D eigenvalue weighted by atomic mass is 127. The van der Waals surface area contributed by atoms with Gasteiger partial charge in [0, 0.05) is 0 Å². The lowest BCUT2D eigenvalue weighted by atomic mass is 10.3. The molecule has 3 nitrogen and oxygen atoms in total. The summed E-state index contributed by atoms with van der Waals surface area (Å²) in [6.07, 6.45) is 2.67. The van der Waals surface area contributed by atoms with E-state index in [1.807, 2.05) is 6.92 Å². The Morgan fingerprint density at radius 1 is 1.67 bits per heavy atom. The Kier molecular flexibility index (Phi) is 4.26. The van der Waals surface area contributed by atoms with Crippen molar-refractivity contribution >= 4 is 43.9 Å². The van der Waals surface area contributed by atoms with E-state index in [0.717, 1.165) is 6.20 Å². The zero-order chi connectivity index (χ0) is 13.3. The molecule has 6 heteroatoms. The van der Waals surface area contributed by atoms with E-state index in [2.05, 4.69) is 50.4 Å². The number of rotatable bonds is 5. The second-order valence-corrected chi connectivity index (χ2v) is 7.51. The van der Waals surface area contributed by atoms with Crippen LogP contribution in [0, 0.1) is 5.82 Å². The first kappa shape index (κ1) is 13.8. The Balaban J connectivity index is 2.16. The van der Waals surface area contributed by atoms with Gasteiger partial charge in [0.2, 0.25) is 0 Å². The van der Waals surface area contributed by atoms with Gasteiger partial charge in [0.25, 0.3) is 0 Å². The van der Waals surface area contributed by atoms with Crippen LogP contribution in [0.25, 0.3) is 0 Å². The molecule has 1 aliphatic heterocycles. The molecule has 0 bridgehead atoms. The molecule has 2 heterocycles. The minimum atomic E-state index is -0.408. The van der Waals surface area contributed by atoms with Gasteiger partial charge in [-0.05, 0) is 6.92 Å². The normalized spacial score (nSPS) is 21.8. The molecule has 1 aromatic heterocycles. The molecule has 18 heavy (non-hydrogen) atoms. The Morgan fingerprint density at radius 3 is 2.83 bits per heavy atom. The molecule has 98 valence electrons. The molecule has 0 saturated carbocycles. The monoisotopic (exact) mass is 379 g/mol. The zero-order valence-corrected chi connectivity index (χ0v) is 12.8. The maximum Gasteiger partial charge on any atom is 0.317 e. The van der Waals surface area contributed by atoms with Crippen LogP contribution in [-0.4, -0.2) is 32.6 Å². The van der Waals surface area contributed by atoms with E-state index >= 15 is 0 Å². The molecule has 1 aromatic rings. The molecular formula is C12H13FIN2OS-. The molecule has 0 fully saturated rings. The molecule has 0 aromatic carbocycles. The van der Waals surface area contributed by atoms with Crippen molar-refractivity contribution in [1.29, 1.82) is 0 Å². The molecule has 1 aliphatic rings. The first-order valence-electron chi connectivity index (χ1n) is 5.35. The maximum atomic E-state index is 13.5. The topological polar surface area (TPSA) is 35.0 Å². The highest BCUT2D eigenvalue weighted by Crippen LogP contribution is 2.24. The smallest absolute Gasteiger partial charge is 0.317 e. The van der Waals surface area contributed by atoms with Crippen LogP contribution in [0.1, 0.15) is 16.5 Å². The molecule has 0 amide bonds. The molecule has 3 atom stereocenters. The molecule has 0 spiro atoms. The lowest BCUT2D eigenvalue weighted by Crippen LogP contribution is -2.23. The predicted molar refractivity (Wildman–Crippen MR) is 83.4 cm³/mol. The summed E-state index contributed by atoms with van der Waals surface area (Å²) in [6.45, 7) is 5.59. The van der Waals surface area contributed by atoms with Gasteiger partial charge < -0.3 is 14.8 Å². The Bertz CT molecular complexity index is 555. The van der Waals surface area contributed by atoms with Gasteiger partial charge >= 0.3 is 6.01 Å². The number of hydrogen-bond donors (Lipinski definition) is 0. The number of halogens is 2. The van der Waals surface area contributed by atoms with Crippen LogP contribution in [-0.2, 0) is 10.1 Å². The van der Waals surface area contributed by atoms with Crippen LogP contribution in [0.5, 0.6) is 6.01 Å². The van der Waals surface area contributed by atoms with Gasteiger partial charge in [-0.3, -0.25) is 0 Å². The second kappa shape index (κ2) is 5.56. The average Bonchev–Trinajstić information content (AvgIpc) is 3.04. The number of nitrogens with zero attached hydrogens (tertiary/aromatic N) is 2. The van der Waals surface area contributed by atoms with E-state index in [9.17, 15) is 4.39 Å². The van der Waals surface area contributed by atoms with Gasteiger partial charge in [-0.1, -0.05) is 40.5 Å². The Morgan fingerprint density at radius 2 is 2.33 bits per heavy atom. The minimum absolute atomic E-state index is 0.0266. The van der Waals surface area contributed by atoms with Crippen molar-refractivity contribution in [3.8, 4) is 6.01 Å². The van der Waals surface area contributed by atoms with E-state index in [1.54, 1.807) is 6.08 Å². The number of aromatic nitrogens is 2. The van der Waals surface area contributed by atoms with Crippen LogP contribution in [0.15, 0.2) is 18.9 Å². The molecule has 3 unspecified atom stereocenters. The van der Waals surface area contributed by atoms with Gasteiger partial charge in [0.05, 0.1) is 15.8 Å². The summed E-state index contributed by atoms with van der Waals surface area (Å²) in [7, 11) is 0.0266. The van der Waals surface area contributed by atoms with Crippen LogP contribution in [0.4, 0.5) is 4.39 Å². The van der Waals surface area contributed by atoms with Crippen molar-refractivity contribution in [3.05, 3.63) is 30.4 Å². The van der Waals surface area contributed by atoms with Crippen molar-refractivity contribution in [2.24, 2.45) is 0 Å². The molecule has 2 rings (SSSR count). The minimum Gasteiger partial charge on any atom is -0.475 e. The summed E-state index contributed by atoms with van der Waals surface area (Å²) < 4.78 is 19.0. The highest BCUT2D eigenvalue weighted by Gasteiger charge is 2.18. The number of hydrogen-bond acceptors (Lipinski definition) is 4. The molecule has 0 aliphatic carbocycles. The van der Waals surface area contributed by atoms with Crippen LogP contribution >= 0.6 is 22.6 Å². The second-order valence-electron chi connectivity index (χ2n) is 3.89. The maximum absolute atomic E-state index is 13.5. The summed E-state index contributed by atoms with van der Waals surface area (Å²) in [6, 6.07) is 0.192. The predicted octanol–water partition coefficient (Wildman–Crippen LogP) is 2.28. The van der Waals surface area contributed by atoms with Crippen LogP contribution in [0.2, 0.25) is 0 Å². The van der Waals surface area contributed by atoms with Crippen molar-refractivity contribution in [2.45, 2.75) is 22.2 Å². The van der Waals surface area contributed by atoms with Gasteiger partial charge in [-0.2, -0.15) is 4.98 Å². The van der Waals surface area contributed by atoms with E-state index in [1.165, 1.54) is 0 Å². The standard InChI is InChI=1S/C12H13FIN2OS/c1-4-9(10-6-18(10)3)17-12-15-5-8(13)11(16-12)7(2)14/h4-7,9-10H,1,3H2,2H3/q-1. The largest absolute Gasteiger partial charge is 0.475 e. The van der Waals surface area contributed by atoms with E-state index < -0.39 is 5.82 Å². The van der Waals surface area contributed by atoms with Gasteiger partial charge in [0.15, 0.2) is 5.82 Å². The number of ether oxygens (including phenoxy) is 1. The molecule has 0 saturated heterocycles. The fraction of sp³-hybridized carbons (Fsp3) is 0.333. The number of alkyl halides is 1. The molecular weight excluding hydrogens is 366 g/mol. The van der Waals surface area contributed by atoms with E-state index in [4.69, 9.17) is 4.74 Å². The summed E-state index contributed by atoms with van der Waals surface area (Å²) in [5, 5.41) is 2.37.